The van der Waals surface area contributed by atoms with Crippen LogP contribution >= 0.6 is 0 Å². The highest BCUT2D eigenvalue weighted by molar-refractivity contribution is 7.89. The second kappa shape index (κ2) is 8.41. The molecule has 1 aliphatic heterocycles. The highest BCUT2D eigenvalue weighted by atomic mass is 32.2. The lowest BCUT2D eigenvalue weighted by Gasteiger charge is -2.27. The lowest BCUT2D eigenvalue weighted by atomic mass is 9.94. The van der Waals surface area contributed by atoms with Crippen LogP contribution in [0.3, 0.4) is 0 Å². The summed E-state index contributed by atoms with van der Waals surface area (Å²) < 4.78 is 38.1. The molecule has 2 N–H and O–H groups in total. The molecule has 1 unspecified atom stereocenters. The Kier molecular flexibility index (Phi) is 6.26. The fourth-order valence-electron chi connectivity index (χ4n) is 3.45. The molecule has 1 aromatic heterocycles. The number of sulfonamides is 1. The van der Waals surface area contributed by atoms with Crippen molar-refractivity contribution in [1.29, 1.82) is 0 Å². The van der Waals surface area contributed by atoms with E-state index in [0.717, 1.165) is 5.56 Å². The second-order valence-electron chi connectivity index (χ2n) is 8.51. The molecule has 0 bridgehead atoms. The molecule has 30 heavy (non-hydrogen) atoms. The normalized spacial score (nSPS) is 21.4. The quantitative estimate of drug-likeness (QED) is 0.746. The number of hydrogen-bond donors (Lipinski definition) is 2. The number of carbonyl (C=O) groups excluding carboxylic acids is 1. The van der Waals surface area contributed by atoms with Crippen molar-refractivity contribution in [3.8, 4) is 0 Å². The Balaban J connectivity index is 1.83. The van der Waals surface area contributed by atoms with Gasteiger partial charge in [0.15, 0.2) is 0 Å². The minimum Gasteiger partial charge on any atom is -0.467 e. The van der Waals surface area contributed by atoms with Crippen LogP contribution in [0.25, 0.3) is 0 Å². The molecule has 2 aromatic rings. The SMILES string of the molecule is Cc1ccc(S(=O)(=O)N2C[C@@H](O)[C@H](C(NC(=O)OC(C)(C)C)c3ccco3)C2)cc1. The van der Waals surface area contributed by atoms with Gasteiger partial charge in [-0.1, -0.05) is 17.7 Å². The van der Waals surface area contributed by atoms with Crippen LogP contribution in [-0.4, -0.2) is 48.7 Å². The summed E-state index contributed by atoms with van der Waals surface area (Å²) in [6.45, 7) is 7.06. The van der Waals surface area contributed by atoms with Crippen LogP contribution in [0.2, 0.25) is 0 Å². The van der Waals surface area contributed by atoms with Gasteiger partial charge in [0.05, 0.1) is 23.3 Å². The summed E-state index contributed by atoms with van der Waals surface area (Å²) in [6, 6.07) is 9.15. The van der Waals surface area contributed by atoms with E-state index >= 15 is 0 Å². The number of nitrogens with one attached hydrogen (secondary N) is 1. The third-order valence-corrected chi connectivity index (χ3v) is 6.75. The third-order valence-electron chi connectivity index (χ3n) is 4.91. The van der Waals surface area contributed by atoms with Crippen molar-refractivity contribution in [2.24, 2.45) is 5.92 Å². The number of hydrogen-bond acceptors (Lipinski definition) is 6. The highest BCUT2D eigenvalue weighted by Crippen LogP contribution is 2.34. The number of aliphatic hydroxyl groups excluding tert-OH is 1. The minimum atomic E-state index is -3.78. The summed E-state index contributed by atoms with van der Waals surface area (Å²) in [7, 11) is -3.78. The van der Waals surface area contributed by atoms with Crippen molar-refractivity contribution in [3.05, 3.63) is 54.0 Å². The zero-order valence-electron chi connectivity index (χ0n) is 17.5. The summed E-state index contributed by atoms with van der Waals surface area (Å²) in [6.07, 6.45) is -0.201. The van der Waals surface area contributed by atoms with Crippen LogP contribution < -0.4 is 5.32 Å². The van der Waals surface area contributed by atoms with Crippen LogP contribution in [0.5, 0.6) is 0 Å². The van der Waals surface area contributed by atoms with E-state index in [1.165, 1.54) is 10.6 Å². The molecule has 1 aromatic carbocycles. The summed E-state index contributed by atoms with van der Waals surface area (Å²) in [4.78, 5) is 12.5. The van der Waals surface area contributed by atoms with Gasteiger partial charge in [0.25, 0.3) is 0 Å². The molecule has 2 heterocycles. The Bertz CT molecular complexity index is 964. The molecule has 0 spiro atoms. The number of aliphatic hydroxyl groups is 1. The number of rotatable bonds is 5. The number of aryl methyl sites for hydroxylation is 1. The van der Waals surface area contributed by atoms with E-state index in [9.17, 15) is 18.3 Å². The van der Waals surface area contributed by atoms with Crippen LogP contribution in [-0.2, 0) is 14.8 Å². The van der Waals surface area contributed by atoms with Gasteiger partial charge in [-0.25, -0.2) is 13.2 Å². The van der Waals surface area contributed by atoms with E-state index in [0.29, 0.717) is 5.76 Å². The fourth-order valence-corrected chi connectivity index (χ4v) is 4.95. The molecule has 1 saturated heterocycles. The van der Waals surface area contributed by atoms with E-state index in [1.807, 2.05) is 6.92 Å². The Morgan fingerprint density at radius 2 is 1.90 bits per heavy atom. The molecule has 1 amide bonds. The van der Waals surface area contributed by atoms with E-state index < -0.39 is 39.8 Å². The number of carbonyl (C=O) groups is 1. The smallest absolute Gasteiger partial charge is 0.408 e. The number of alkyl carbamates (subject to hydrolysis) is 1. The minimum absolute atomic E-state index is 0.0263. The summed E-state index contributed by atoms with van der Waals surface area (Å²) >= 11 is 0. The first-order chi connectivity index (χ1) is 14.0. The van der Waals surface area contributed by atoms with Crippen LogP contribution in [0.1, 0.15) is 38.1 Å². The molecular weight excluding hydrogens is 408 g/mol. The molecule has 0 saturated carbocycles. The third kappa shape index (κ3) is 5.03. The largest absolute Gasteiger partial charge is 0.467 e. The standard InChI is InChI=1S/C21H28N2O6S/c1-14-7-9-15(10-8-14)30(26,27)23-12-16(17(24)13-23)19(18-6-5-11-28-18)22-20(25)29-21(2,3)4/h5-11,16-17,19,24H,12-13H2,1-4H3,(H,22,25)/t16-,17-,19?/m1/s1. The van der Waals surface area contributed by atoms with Crippen molar-refractivity contribution >= 4 is 16.1 Å². The lowest BCUT2D eigenvalue weighted by molar-refractivity contribution is 0.0436. The first-order valence-electron chi connectivity index (χ1n) is 9.75. The maximum Gasteiger partial charge on any atom is 0.408 e. The average molecular weight is 437 g/mol. The fraction of sp³-hybridized carbons (Fsp3) is 0.476. The van der Waals surface area contributed by atoms with Crippen LogP contribution in [0.4, 0.5) is 4.79 Å². The maximum absolute atomic E-state index is 13.0. The van der Waals surface area contributed by atoms with Crippen LogP contribution in [0.15, 0.2) is 52.0 Å². The zero-order chi connectivity index (χ0) is 22.1. The van der Waals surface area contributed by atoms with Gasteiger partial charge in [-0.2, -0.15) is 4.31 Å². The predicted octanol–water partition coefficient (Wildman–Crippen LogP) is 2.84. The van der Waals surface area contributed by atoms with E-state index in [4.69, 9.17) is 9.15 Å². The second-order valence-corrected chi connectivity index (χ2v) is 10.4. The van der Waals surface area contributed by atoms with Gasteiger partial charge in [0.1, 0.15) is 11.4 Å². The highest BCUT2D eigenvalue weighted by Gasteiger charge is 2.44. The number of ether oxygens (including phenoxy) is 1. The van der Waals surface area contributed by atoms with Gasteiger partial charge < -0.3 is 19.6 Å². The van der Waals surface area contributed by atoms with E-state index in [-0.39, 0.29) is 18.0 Å². The molecule has 0 radical (unpaired) electrons. The number of amides is 1. The van der Waals surface area contributed by atoms with Gasteiger partial charge in [-0.3, -0.25) is 0 Å². The Morgan fingerprint density at radius 3 is 2.47 bits per heavy atom. The maximum atomic E-state index is 13.0. The van der Waals surface area contributed by atoms with Gasteiger partial charge in [0, 0.05) is 19.0 Å². The van der Waals surface area contributed by atoms with Gasteiger partial charge in [0.2, 0.25) is 10.0 Å². The Morgan fingerprint density at radius 1 is 1.23 bits per heavy atom. The molecule has 1 aliphatic rings. The van der Waals surface area contributed by atoms with Crippen molar-refractivity contribution in [3.63, 3.8) is 0 Å². The number of nitrogens with zero attached hydrogens (tertiary/aromatic N) is 1. The van der Waals surface area contributed by atoms with Gasteiger partial charge in [-0.15, -0.1) is 0 Å². The molecule has 8 nitrogen and oxygen atoms in total. The van der Waals surface area contributed by atoms with E-state index in [1.54, 1.807) is 57.2 Å². The Hall–Kier alpha value is -2.36. The molecule has 164 valence electrons. The summed E-state index contributed by atoms with van der Waals surface area (Å²) in [5.74, 6) is -0.191. The number of benzene rings is 1. The first-order valence-corrected chi connectivity index (χ1v) is 11.2. The molecule has 3 atom stereocenters. The van der Waals surface area contributed by atoms with Gasteiger partial charge >= 0.3 is 6.09 Å². The van der Waals surface area contributed by atoms with Crippen LogP contribution in [0, 0.1) is 12.8 Å². The van der Waals surface area contributed by atoms with E-state index in [2.05, 4.69) is 5.32 Å². The van der Waals surface area contributed by atoms with Crippen molar-refractivity contribution < 1.29 is 27.5 Å². The molecule has 9 heteroatoms. The summed E-state index contributed by atoms with van der Waals surface area (Å²) in [5, 5.41) is 13.4. The number of β-amino-alcohol motifs (C(OH)–C–C–N with tert-alkyl or cyclic N) is 1. The zero-order valence-corrected chi connectivity index (χ0v) is 18.3. The van der Waals surface area contributed by atoms with Crippen molar-refractivity contribution in [2.75, 3.05) is 13.1 Å². The topological polar surface area (TPSA) is 109 Å². The average Bonchev–Trinajstić information content (AvgIpc) is 3.29. The Labute approximate surface area is 176 Å². The monoisotopic (exact) mass is 436 g/mol. The lowest BCUT2D eigenvalue weighted by Crippen LogP contribution is -2.40. The molecule has 3 rings (SSSR count). The molecule has 1 fully saturated rings. The van der Waals surface area contributed by atoms with Gasteiger partial charge in [-0.05, 0) is 52.0 Å². The van der Waals surface area contributed by atoms with Crippen molar-refractivity contribution in [1.82, 2.24) is 9.62 Å². The number of furan rings is 1. The molecular formula is C21H28N2O6S. The first kappa shape index (κ1) is 22.3. The van der Waals surface area contributed by atoms with Crippen molar-refractivity contribution in [2.45, 2.75) is 50.3 Å². The summed E-state index contributed by atoms with van der Waals surface area (Å²) in [5.41, 5.74) is 0.250. The predicted molar refractivity (Wildman–Crippen MR) is 110 cm³/mol. The molecule has 0 aliphatic carbocycles.